The number of carbonyl (C=O) groups excluding carboxylic acids is 3. The maximum atomic E-state index is 12.8. The van der Waals surface area contributed by atoms with E-state index in [9.17, 15) is 14.4 Å². The predicted molar refractivity (Wildman–Crippen MR) is 275 cm³/mol. The smallest absolute Gasteiger partial charge is 0.306 e. The van der Waals surface area contributed by atoms with Crippen LogP contribution in [-0.2, 0) is 28.6 Å². The molecule has 0 rings (SSSR count). The first kappa shape index (κ1) is 61.6. The molecule has 64 heavy (non-hydrogen) atoms. The fraction of sp³-hybridized carbons (Fsp3) is 0.845. The summed E-state index contributed by atoms with van der Waals surface area (Å²) < 4.78 is 16.8. The molecule has 0 spiro atoms. The van der Waals surface area contributed by atoms with Crippen molar-refractivity contribution < 1.29 is 28.6 Å². The Bertz CT molecular complexity index is 1080. The number of allylic oxidation sites excluding steroid dienone is 6. The summed E-state index contributed by atoms with van der Waals surface area (Å²) in [5.74, 6) is -0.880. The van der Waals surface area contributed by atoms with E-state index in [0.717, 1.165) is 83.5 Å². The Morgan fingerprint density at radius 1 is 0.312 bits per heavy atom. The summed E-state index contributed by atoms with van der Waals surface area (Å²) in [6.45, 7) is 6.63. The number of hydrogen-bond acceptors (Lipinski definition) is 6. The van der Waals surface area contributed by atoms with Crippen LogP contribution in [-0.4, -0.2) is 37.2 Å². The second-order valence-corrected chi connectivity index (χ2v) is 18.8. The van der Waals surface area contributed by atoms with Crippen LogP contribution in [0.1, 0.15) is 297 Å². The van der Waals surface area contributed by atoms with Crippen LogP contribution in [0.4, 0.5) is 0 Å². The molecule has 0 saturated carbocycles. The molecule has 6 heteroatoms. The lowest BCUT2D eigenvalue weighted by Gasteiger charge is -2.18. The van der Waals surface area contributed by atoms with E-state index in [1.807, 2.05) is 0 Å². The fourth-order valence-electron chi connectivity index (χ4n) is 8.12. The highest BCUT2D eigenvalue weighted by molar-refractivity contribution is 5.71. The van der Waals surface area contributed by atoms with E-state index in [1.54, 1.807) is 0 Å². The first-order chi connectivity index (χ1) is 31.5. The molecule has 6 nitrogen and oxygen atoms in total. The van der Waals surface area contributed by atoms with Gasteiger partial charge in [-0.05, 0) is 77.0 Å². The van der Waals surface area contributed by atoms with Gasteiger partial charge in [-0.25, -0.2) is 0 Å². The van der Waals surface area contributed by atoms with E-state index in [-0.39, 0.29) is 31.1 Å². The second-order valence-electron chi connectivity index (χ2n) is 18.8. The summed E-state index contributed by atoms with van der Waals surface area (Å²) in [6, 6.07) is 0. The van der Waals surface area contributed by atoms with Gasteiger partial charge in [0.15, 0.2) is 6.10 Å². The number of esters is 3. The monoisotopic (exact) mass is 899 g/mol. The Balaban J connectivity index is 4.36. The highest BCUT2D eigenvalue weighted by atomic mass is 16.6. The minimum Gasteiger partial charge on any atom is -0.462 e. The van der Waals surface area contributed by atoms with E-state index in [0.29, 0.717) is 19.3 Å². The van der Waals surface area contributed by atoms with Gasteiger partial charge in [0.2, 0.25) is 0 Å². The topological polar surface area (TPSA) is 78.9 Å². The summed E-state index contributed by atoms with van der Waals surface area (Å²) in [6.07, 6.45) is 62.7. The van der Waals surface area contributed by atoms with Crippen molar-refractivity contribution in [1.29, 1.82) is 0 Å². The van der Waals surface area contributed by atoms with Gasteiger partial charge in [-0.15, -0.1) is 0 Å². The molecule has 1 unspecified atom stereocenters. The fourth-order valence-corrected chi connectivity index (χ4v) is 8.12. The quantitative estimate of drug-likeness (QED) is 0.0262. The van der Waals surface area contributed by atoms with Crippen LogP contribution in [0.5, 0.6) is 0 Å². The van der Waals surface area contributed by atoms with Crippen LogP contribution in [0.25, 0.3) is 0 Å². The maximum Gasteiger partial charge on any atom is 0.306 e. The van der Waals surface area contributed by atoms with Crippen LogP contribution in [0.2, 0.25) is 0 Å². The van der Waals surface area contributed by atoms with Crippen molar-refractivity contribution >= 4 is 17.9 Å². The third kappa shape index (κ3) is 50.6. The zero-order valence-electron chi connectivity index (χ0n) is 42.8. The van der Waals surface area contributed by atoms with Crippen molar-refractivity contribution in [3.63, 3.8) is 0 Å². The van der Waals surface area contributed by atoms with Crippen LogP contribution in [0.3, 0.4) is 0 Å². The molecule has 1 atom stereocenters. The molecule has 374 valence electrons. The summed E-state index contributed by atoms with van der Waals surface area (Å²) >= 11 is 0. The molecule has 0 heterocycles. The van der Waals surface area contributed by atoms with Gasteiger partial charge in [0.05, 0.1) is 0 Å². The molecule has 0 aromatic carbocycles. The van der Waals surface area contributed by atoms with Gasteiger partial charge in [-0.1, -0.05) is 237 Å². The third-order valence-electron chi connectivity index (χ3n) is 12.4. The Labute approximate surface area is 397 Å². The van der Waals surface area contributed by atoms with E-state index >= 15 is 0 Å². The SMILES string of the molecule is CCCCC/C=C\C/C=C\CCCCCCCC(=O)OC(COC(=O)CCCCCCCCC/C=C\CCCCCCCCC)COC(=O)CCCCCCCCCCCCCCC. The molecule has 0 aromatic rings. The molecule has 0 aromatic heterocycles. The number of ether oxygens (including phenoxy) is 3. The van der Waals surface area contributed by atoms with Gasteiger partial charge >= 0.3 is 17.9 Å². The Kier molecular flexibility index (Phi) is 51.3. The van der Waals surface area contributed by atoms with Crippen molar-refractivity contribution in [2.75, 3.05) is 13.2 Å². The lowest BCUT2D eigenvalue weighted by molar-refractivity contribution is -0.167. The predicted octanol–water partition coefficient (Wildman–Crippen LogP) is 18.5. The van der Waals surface area contributed by atoms with Crippen molar-refractivity contribution in [2.45, 2.75) is 303 Å². The minimum absolute atomic E-state index is 0.0759. The van der Waals surface area contributed by atoms with Gasteiger partial charge in [0.1, 0.15) is 13.2 Å². The van der Waals surface area contributed by atoms with E-state index in [2.05, 4.69) is 57.2 Å². The summed E-state index contributed by atoms with van der Waals surface area (Å²) in [5.41, 5.74) is 0. The molecule has 0 aliphatic carbocycles. The Morgan fingerprint density at radius 3 is 0.906 bits per heavy atom. The second kappa shape index (κ2) is 53.2. The normalized spacial score (nSPS) is 12.2. The molecule has 0 fully saturated rings. The molecule has 0 N–H and O–H groups in total. The van der Waals surface area contributed by atoms with Gasteiger partial charge in [-0.2, -0.15) is 0 Å². The van der Waals surface area contributed by atoms with Crippen LogP contribution in [0, 0.1) is 0 Å². The van der Waals surface area contributed by atoms with Crippen LogP contribution < -0.4 is 0 Å². The first-order valence-electron chi connectivity index (χ1n) is 28.0. The van der Waals surface area contributed by atoms with E-state index in [4.69, 9.17) is 14.2 Å². The van der Waals surface area contributed by atoms with Gasteiger partial charge in [-0.3, -0.25) is 14.4 Å². The number of hydrogen-bond donors (Lipinski definition) is 0. The van der Waals surface area contributed by atoms with Crippen molar-refractivity contribution in [3.8, 4) is 0 Å². The molecule has 0 amide bonds. The molecule has 0 aliphatic heterocycles. The summed E-state index contributed by atoms with van der Waals surface area (Å²) in [5, 5.41) is 0. The summed E-state index contributed by atoms with van der Waals surface area (Å²) in [7, 11) is 0. The molecular weight excluding hydrogens is 793 g/mol. The van der Waals surface area contributed by atoms with Crippen molar-refractivity contribution in [1.82, 2.24) is 0 Å². The first-order valence-corrected chi connectivity index (χ1v) is 28.0. The van der Waals surface area contributed by atoms with Crippen molar-refractivity contribution in [2.24, 2.45) is 0 Å². The number of rotatable bonds is 51. The van der Waals surface area contributed by atoms with Crippen LogP contribution >= 0.6 is 0 Å². The highest BCUT2D eigenvalue weighted by Crippen LogP contribution is 2.16. The van der Waals surface area contributed by atoms with Crippen molar-refractivity contribution in [3.05, 3.63) is 36.5 Å². The van der Waals surface area contributed by atoms with E-state index in [1.165, 1.54) is 173 Å². The van der Waals surface area contributed by atoms with Gasteiger partial charge in [0, 0.05) is 19.3 Å². The Morgan fingerprint density at radius 2 is 0.562 bits per heavy atom. The third-order valence-corrected chi connectivity index (χ3v) is 12.4. The molecule has 0 aliphatic rings. The number of carbonyl (C=O) groups is 3. The van der Waals surface area contributed by atoms with Crippen LogP contribution in [0.15, 0.2) is 36.5 Å². The maximum absolute atomic E-state index is 12.8. The average molecular weight is 899 g/mol. The average Bonchev–Trinajstić information content (AvgIpc) is 3.29. The largest absolute Gasteiger partial charge is 0.462 e. The lowest BCUT2D eigenvalue weighted by Crippen LogP contribution is -2.30. The standard InChI is InChI=1S/C58H106O6/c1-4-7-10-13-16-19-22-25-27-28-29-31-33-36-39-42-45-48-51-57(60)63-54-55(53-62-56(59)50-47-44-41-38-35-32-24-21-18-15-12-9-6-3)64-58(61)52-49-46-43-40-37-34-30-26-23-20-17-14-11-8-5-2/h17,20,26-28,30,55H,4-16,18-19,21-25,29,31-54H2,1-3H3/b20-17-,28-27-,30-26-. The molecular formula is C58H106O6. The van der Waals surface area contributed by atoms with Gasteiger partial charge < -0.3 is 14.2 Å². The highest BCUT2D eigenvalue weighted by Gasteiger charge is 2.19. The minimum atomic E-state index is -0.778. The molecule has 0 radical (unpaired) electrons. The zero-order valence-corrected chi connectivity index (χ0v) is 42.8. The van der Waals surface area contributed by atoms with E-state index < -0.39 is 6.10 Å². The zero-order chi connectivity index (χ0) is 46.5. The number of unbranched alkanes of at least 4 members (excludes halogenated alkanes) is 34. The van der Waals surface area contributed by atoms with Gasteiger partial charge in [0.25, 0.3) is 0 Å². The lowest BCUT2D eigenvalue weighted by atomic mass is 10.0. The molecule has 0 bridgehead atoms. The summed E-state index contributed by atoms with van der Waals surface area (Å²) in [4.78, 5) is 38.1. The molecule has 0 saturated heterocycles. The Hall–Kier alpha value is -2.37.